The van der Waals surface area contributed by atoms with Crippen LogP contribution in [0.2, 0.25) is 0 Å². The smallest absolute Gasteiger partial charge is 0.267 e. The molecule has 13 heavy (non-hydrogen) atoms. The fourth-order valence-corrected chi connectivity index (χ4v) is 1.32. The Kier molecular flexibility index (Phi) is 2.78. The van der Waals surface area contributed by atoms with Crippen molar-refractivity contribution in [3.05, 3.63) is 21.9 Å². The monoisotopic (exact) mass is 247 g/mol. The van der Waals surface area contributed by atoms with E-state index in [1.54, 1.807) is 6.07 Å². The Balaban J connectivity index is 3.46. The van der Waals surface area contributed by atoms with Crippen molar-refractivity contribution in [1.29, 1.82) is 5.26 Å². The van der Waals surface area contributed by atoms with Gasteiger partial charge < -0.3 is 5.73 Å². The Bertz CT molecular complexity index is 373. The number of alkyl halides is 2. The van der Waals surface area contributed by atoms with Crippen molar-refractivity contribution >= 4 is 21.6 Å². The summed E-state index contributed by atoms with van der Waals surface area (Å²) in [5, 5.41) is 8.56. The maximum Gasteiger partial charge on any atom is 0.267 e. The second-order valence-electron chi connectivity index (χ2n) is 2.21. The number of nitrogens with zero attached hydrogens (tertiary/aromatic N) is 2. The Hall–Kier alpha value is -1.22. The quantitative estimate of drug-likeness (QED) is 0.775. The number of rotatable bonds is 1. The van der Waals surface area contributed by atoms with Gasteiger partial charge in [0.1, 0.15) is 10.7 Å². The molecule has 0 fully saturated rings. The van der Waals surface area contributed by atoms with Crippen LogP contribution in [0.4, 0.5) is 14.5 Å². The van der Waals surface area contributed by atoms with Crippen LogP contribution < -0.4 is 5.73 Å². The van der Waals surface area contributed by atoms with E-state index in [1.807, 2.05) is 0 Å². The molecule has 0 aromatic carbocycles. The van der Waals surface area contributed by atoms with Crippen molar-refractivity contribution in [2.75, 3.05) is 5.73 Å². The number of nitriles is 1. The van der Waals surface area contributed by atoms with E-state index in [0.717, 1.165) is 6.20 Å². The van der Waals surface area contributed by atoms with Crippen LogP contribution >= 0.6 is 15.9 Å². The molecule has 0 radical (unpaired) electrons. The molecular weight excluding hydrogens is 244 g/mol. The van der Waals surface area contributed by atoms with Gasteiger partial charge in [0, 0.05) is 0 Å². The zero-order valence-corrected chi connectivity index (χ0v) is 7.85. The van der Waals surface area contributed by atoms with E-state index in [1.165, 1.54) is 0 Å². The number of aromatic nitrogens is 1. The van der Waals surface area contributed by atoms with E-state index in [9.17, 15) is 8.78 Å². The molecule has 1 aromatic heterocycles. The first-order chi connectivity index (χ1) is 6.07. The zero-order chi connectivity index (χ0) is 10.0. The Morgan fingerprint density at radius 3 is 2.62 bits per heavy atom. The molecule has 2 N–H and O–H groups in total. The predicted molar refractivity (Wildman–Crippen MR) is 46.0 cm³/mol. The van der Waals surface area contributed by atoms with Gasteiger partial charge in [-0.3, -0.25) is 0 Å². The summed E-state index contributed by atoms with van der Waals surface area (Å²) in [5.74, 6) is 0. The summed E-state index contributed by atoms with van der Waals surface area (Å²) >= 11 is 2.82. The third kappa shape index (κ3) is 1.75. The van der Waals surface area contributed by atoms with Crippen molar-refractivity contribution in [2.45, 2.75) is 6.43 Å². The second kappa shape index (κ2) is 3.66. The Morgan fingerprint density at radius 1 is 1.62 bits per heavy atom. The van der Waals surface area contributed by atoms with Gasteiger partial charge in [0.2, 0.25) is 0 Å². The predicted octanol–water partition coefficient (Wildman–Crippen LogP) is 2.24. The zero-order valence-electron chi connectivity index (χ0n) is 6.26. The molecule has 0 saturated carbocycles. The van der Waals surface area contributed by atoms with Crippen molar-refractivity contribution in [3.8, 4) is 6.07 Å². The van der Waals surface area contributed by atoms with Gasteiger partial charge in [-0.15, -0.1) is 0 Å². The lowest BCUT2D eigenvalue weighted by molar-refractivity contribution is 0.149. The highest BCUT2D eigenvalue weighted by atomic mass is 79.9. The van der Waals surface area contributed by atoms with Gasteiger partial charge >= 0.3 is 0 Å². The molecule has 3 nitrogen and oxygen atoms in total. The largest absolute Gasteiger partial charge is 0.396 e. The van der Waals surface area contributed by atoms with Crippen molar-refractivity contribution < 1.29 is 8.78 Å². The number of pyridine rings is 1. The first-order valence-electron chi connectivity index (χ1n) is 3.20. The summed E-state index contributed by atoms with van der Waals surface area (Å²) in [6.45, 7) is 0. The van der Waals surface area contributed by atoms with Gasteiger partial charge in [-0.25, -0.2) is 13.8 Å². The molecule has 0 aliphatic carbocycles. The average molecular weight is 248 g/mol. The van der Waals surface area contributed by atoms with Gasteiger partial charge in [0.05, 0.1) is 23.0 Å². The van der Waals surface area contributed by atoms with Crippen molar-refractivity contribution in [2.24, 2.45) is 0 Å². The highest BCUT2D eigenvalue weighted by Gasteiger charge is 2.19. The van der Waals surface area contributed by atoms with E-state index in [2.05, 4.69) is 20.9 Å². The molecule has 0 bridgehead atoms. The van der Waals surface area contributed by atoms with Gasteiger partial charge in [-0.2, -0.15) is 5.26 Å². The number of halogens is 3. The molecule has 0 unspecified atom stereocenters. The summed E-state index contributed by atoms with van der Waals surface area (Å²) in [6.07, 6.45) is -1.60. The molecule has 1 heterocycles. The van der Waals surface area contributed by atoms with Gasteiger partial charge in [-0.1, -0.05) is 0 Å². The first-order valence-corrected chi connectivity index (χ1v) is 3.99. The van der Waals surface area contributed by atoms with E-state index < -0.39 is 12.0 Å². The maximum absolute atomic E-state index is 12.4. The first kappa shape index (κ1) is 9.86. The van der Waals surface area contributed by atoms with Crippen LogP contribution in [0, 0.1) is 11.3 Å². The molecule has 0 atom stereocenters. The van der Waals surface area contributed by atoms with Crippen LogP contribution in [0.3, 0.4) is 0 Å². The highest BCUT2D eigenvalue weighted by molar-refractivity contribution is 9.10. The van der Waals surface area contributed by atoms with Crippen LogP contribution in [-0.2, 0) is 0 Å². The molecule has 1 rings (SSSR count). The lowest BCUT2D eigenvalue weighted by Gasteiger charge is -2.06. The van der Waals surface area contributed by atoms with E-state index in [4.69, 9.17) is 11.0 Å². The molecule has 0 aliphatic rings. The summed E-state index contributed by atoms with van der Waals surface area (Å²) in [5.41, 5.74) is 4.58. The van der Waals surface area contributed by atoms with Crippen LogP contribution in [0.25, 0.3) is 0 Å². The molecule has 0 saturated heterocycles. The molecule has 0 amide bonds. The lowest BCUT2D eigenvalue weighted by atomic mass is 10.1. The number of nitrogen functional groups attached to an aromatic ring is 1. The number of hydrogen-bond donors (Lipinski definition) is 1. The number of hydrogen-bond acceptors (Lipinski definition) is 3. The van der Waals surface area contributed by atoms with E-state index in [-0.39, 0.29) is 15.9 Å². The third-order valence-corrected chi connectivity index (χ3v) is 2.06. The fourth-order valence-electron chi connectivity index (χ4n) is 0.843. The van der Waals surface area contributed by atoms with Gasteiger partial charge in [0.15, 0.2) is 0 Å². The maximum atomic E-state index is 12.4. The standard InChI is InChI=1S/C7H4BrF2N3/c8-6-5(7(9)10)3(1-11)4(12)2-13-6/h2,7H,12H2. The van der Waals surface area contributed by atoms with Gasteiger partial charge in [0.25, 0.3) is 6.43 Å². The van der Waals surface area contributed by atoms with Gasteiger partial charge in [-0.05, 0) is 15.9 Å². The minimum atomic E-state index is -2.76. The normalized spacial score (nSPS) is 10.1. The second-order valence-corrected chi connectivity index (χ2v) is 2.96. The van der Waals surface area contributed by atoms with Crippen LogP contribution in [-0.4, -0.2) is 4.98 Å². The Morgan fingerprint density at radius 2 is 2.23 bits per heavy atom. The topological polar surface area (TPSA) is 62.7 Å². The fraction of sp³-hybridized carbons (Fsp3) is 0.143. The summed E-state index contributed by atoms with van der Waals surface area (Å²) in [4.78, 5) is 3.57. The van der Waals surface area contributed by atoms with Crippen LogP contribution in [0.5, 0.6) is 0 Å². The van der Waals surface area contributed by atoms with Crippen molar-refractivity contribution in [1.82, 2.24) is 4.98 Å². The summed E-state index contributed by atoms with van der Waals surface area (Å²) < 4.78 is 24.7. The third-order valence-electron chi connectivity index (χ3n) is 1.43. The Labute approximate surface area is 81.3 Å². The molecule has 68 valence electrons. The van der Waals surface area contributed by atoms with Crippen molar-refractivity contribution in [3.63, 3.8) is 0 Å². The minimum Gasteiger partial charge on any atom is -0.396 e. The lowest BCUT2D eigenvalue weighted by Crippen LogP contribution is -2.00. The number of nitrogens with two attached hydrogens (primary N) is 1. The van der Waals surface area contributed by atoms with Crippen LogP contribution in [0.15, 0.2) is 10.8 Å². The van der Waals surface area contributed by atoms with Crippen LogP contribution in [0.1, 0.15) is 17.6 Å². The summed E-state index contributed by atoms with van der Waals surface area (Å²) in [7, 11) is 0. The van der Waals surface area contributed by atoms with E-state index >= 15 is 0 Å². The summed E-state index contributed by atoms with van der Waals surface area (Å²) in [6, 6.07) is 1.61. The molecular formula is C7H4BrF2N3. The van der Waals surface area contributed by atoms with E-state index in [0.29, 0.717) is 0 Å². The molecule has 0 aliphatic heterocycles. The SMILES string of the molecule is N#Cc1c(N)cnc(Br)c1C(F)F. The molecule has 0 spiro atoms. The molecule has 6 heteroatoms. The highest BCUT2D eigenvalue weighted by Crippen LogP contribution is 2.31. The minimum absolute atomic E-state index is 0.0407. The average Bonchev–Trinajstić information content (AvgIpc) is 2.07. The molecule has 1 aromatic rings. The number of anilines is 1.